The van der Waals surface area contributed by atoms with Crippen molar-refractivity contribution in [2.45, 2.75) is 13.1 Å². The zero-order chi connectivity index (χ0) is 16.8. The Morgan fingerprint density at radius 3 is 2.64 bits per heavy atom. The van der Waals surface area contributed by atoms with Crippen molar-refractivity contribution in [3.8, 4) is 5.75 Å². The fraction of sp³-hybridized carbons (Fsp3) is 0.500. The van der Waals surface area contributed by atoms with Crippen LogP contribution >= 0.6 is 0 Å². The molecule has 0 unspecified atom stereocenters. The molecule has 8 heteroatoms. The van der Waals surface area contributed by atoms with E-state index in [0.29, 0.717) is 24.4 Å². The quantitative estimate of drug-likeness (QED) is 0.876. The van der Waals surface area contributed by atoms with Crippen molar-refractivity contribution in [1.29, 1.82) is 0 Å². The van der Waals surface area contributed by atoms with E-state index in [2.05, 4.69) is 5.32 Å². The van der Waals surface area contributed by atoms with Crippen molar-refractivity contribution in [3.63, 3.8) is 0 Å². The predicted octanol–water partition coefficient (Wildman–Crippen LogP) is 3.05. The number of ether oxygens (including phenoxy) is 2. The van der Waals surface area contributed by atoms with Crippen molar-refractivity contribution in [1.82, 2.24) is 4.90 Å². The number of benzene rings is 1. The van der Waals surface area contributed by atoms with Gasteiger partial charge in [0.2, 0.25) is 0 Å². The molecule has 5 nitrogen and oxygen atoms in total. The molecule has 2 amide bonds. The number of nitrogens with zero attached hydrogens (tertiary/aromatic N) is 1. The van der Waals surface area contributed by atoms with E-state index in [1.165, 1.54) is 24.1 Å². The van der Waals surface area contributed by atoms with Crippen molar-refractivity contribution < 1.29 is 27.4 Å². The van der Waals surface area contributed by atoms with Gasteiger partial charge in [-0.1, -0.05) is 6.07 Å². The molecule has 0 radical (unpaired) electrons. The first-order chi connectivity index (χ1) is 10.2. The zero-order valence-corrected chi connectivity index (χ0v) is 12.7. The maximum atomic E-state index is 12.2. The fourth-order valence-corrected chi connectivity index (χ4v) is 1.61. The van der Waals surface area contributed by atoms with Gasteiger partial charge in [-0.25, -0.2) is 4.79 Å². The Bertz CT molecular complexity index is 507. The van der Waals surface area contributed by atoms with Crippen LogP contribution < -0.4 is 10.1 Å². The van der Waals surface area contributed by atoms with Gasteiger partial charge in [-0.2, -0.15) is 13.2 Å². The van der Waals surface area contributed by atoms with Crippen LogP contribution in [0.2, 0.25) is 0 Å². The summed E-state index contributed by atoms with van der Waals surface area (Å²) < 4.78 is 46.2. The molecule has 0 aliphatic carbocycles. The topological polar surface area (TPSA) is 50.8 Å². The summed E-state index contributed by atoms with van der Waals surface area (Å²) in [7, 11) is 3.12. The number of rotatable bonds is 6. The number of likely N-dealkylation sites (N-methyl/N-ethyl adjacent to an activating group) is 1. The first kappa shape index (κ1) is 18.1. The molecule has 22 heavy (non-hydrogen) atoms. The van der Waals surface area contributed by atoms with E-state index in [0.717, 1.165) is 0 Å². The highest BCUT2D eigenvalue weighted by Crippen LogP contribution is 2.27. The van der Waals surface area contributed by atoms with E-state index >= 15 is 0 Å². The fourth-order valence-electron chi connectivity index (χ4n) is 1.61. The van der Waals surface area contributed by atoms with Gasteiger partial charge in [0.1, 0.15) is 5.75 Å². The average Bonchev–Trinajstić information content (AvgIpc) is 2.44. The third-order valence-corrected chi connectivity index (χ3v) is 2.89. The zero-order valence-electron chi connectivity index (χ0n) is 12.7. The van der Waals surface area contributed by atoms with Crippen LogP contribution in [0.15, 0.2) is 18.2 Å². The van der Waals surface area contributed by atoms with E-state index in [9.17, 15) is 18.0 Å². The molecule has 124 valence electrons. The average molecular weight is 320 g/mol. The Hall–Kier alpha value is -1.96. The number of carbonyl (C=O) groups excluding carboxylic acids is 1. The largest absolute Gasteiger partial charge is 0.484 e. The van der Waals surface area contributed by atoms with Crippen molar-refractivity contribution in [2.75, 3.05) is 39.2 Å². The first-order valence-electron chi connectivity index (χ1n) is 6.55. The molecule has 0 saturated heterocycles. The van der Waals surface area contributed by atoms with Crippen LogP contribution in [0, 0.1) is 6.92 Å². The second-order valence-electron chi connectivity index (χ2n) is 4.68. The van der Waals surface area contributed by atoms with Gasteiger partial charge in [0, 0.05) is 32.0 Å². The summed E-state index contributed by atoms with van der Waals surface area (Å²) in [5, 5.41) is 2.63. The Morgan fingerprint density at radius 2 is 2.05 bits per heavy atom. The number of carbonyl (C=O) groups is 1. The first-order valence-corrected chi connectivity index (χ1v) is 6.55. The lowest BCUT2D eigenvalue weighted by atomic mass is 10.2. The highest BCUT2D eigenvalue weighted by molar-refractivity contribution is 5.90. The molecule has 0 heterocycles. The molecule has 1 aromatic rings. The number of hydrogen-bond acceptors (Lipinski definition) is 3. The van der Waals surface area contributed by atoms with Crippen LogP contribution in [0.5, 0.6) is 5.75 Å². The Balaban J connectivity index is 2.73. The Morgan fingerprint density at radius 1 is 1.36 bits per heavy atom. The van der Waals surface area contributed by atoms with E-state index in [4.69, 9.17) is 9.47 Å². The SMILES string of the molecule is COCCN(C)C(=O)Nc1cccc(OCC(F)(F)F)c1C. The number of anilines is 1. The summed E-state index contributed by atoms with van der Waals surface area (Å²) in [6.07, 6.45) is -4.41. The van der Waals surface area contributed by atoms with Gasteiger partial charge in [0.15, 0.2) is 6.61 Å². The lowest BCUT2D eigenvalue weighted by molar-refractivity contribution is -0.153. The van der Waals surface area contributed by atoms with Crippen LogP contribution in [0.3, 0.4) is 0 Å². The smallest absolute Gasteiger partial charge is 0.422 e. The van der Waals surface area contributed by atoms with Crippen molar-refractivity contribution >= 4 is 11.7 Å². The molecular formula is C14H19F3N2O3. The molecule has 0 saturated carbocycles. The van der Waals surface area contributed by atoms with E-state index in [1.807, 2.05) is 0 Å². The maximum absolute atomic E-state index is 12.2. The minimum absolute atomic E-state index is 0.0784. The molecule has 0 aromatic heterocycles. The summed E-state index contributed by atoms with van der Waals surface area (Å²) in [6.45, 7) is 0.985. The summed E-state index contributed by atoms with van der Waals surface area (Å²) in [5.74, 6) is 0.0784. The van der Waals surface area contributed by atoms with Crippen LogP contribution in [0.4, 0.5) is 23.7 Å². The molecule has 0 fully saturated rings. The number of alkyl halides is 3. The van der Waals surface area contributed by atoms with Crippen LogP contribution in [-0.4, -0.2) is 51.0 Å². The third kappa shape index (κ3) is 5.80. The van der Waals surface area contributed by atoms with E-state index < -0.39 is 12.8 Å². The molecule has 1 rings (SSSR count). The number of halogens is 3. The maximum Gasteiger partial charge on any atom is 0.422 e. The number of hydrogen-bond donors (Lipinski definition) is 1. The van der Waals surface area contributed by atoms with Crippen molar-refractivity contribution in [2.24, 2.45) is 0 Å². The second kappa shape index (κ2) is 7.88. The van der Waals surface area contributed by atoms with Crippen LogP contribution in [0.1, 0.15) is 5.56 Å². The molecule has 0 aliphatic heterocycles. The summed E-state index contributed by atoms with van der Waals surface area (Å²) in [5.41, 5.74) is 0.828. The summed E-state index contributed by atoms with van der Waals surface area (Å²) >= 11 is 0. The molecular weight excluding hydrogens is 301 g/mol. The molecule has 0 spiro atoms. The Labute approximate surface area is 127 Å². The number of nitrogens with one attached hydrogen (secondary N) is 1. The van der Waals surface area contributed by atoms with Crippen molar-refractivity contribution in [3.05, 3.63) is 23.8 Å². The second-order valence-corrected chi connectivity index (χ2v) is 4.68. The van der Waals surface area contributed by atoms with E-state index in [1.54, 1.807) is 20.0 Å². The molecule has 0 aliphatic rings. The highest BCUT2D eigenvalue weighted by atomic mass is 19.4. The number of methoxy groups -OCH3 is 1. The van der Waals surface area contributed by atoms with Gasteiger partial charge in [-0.3, -0.25) is 0 Å². The number of urea groups is 1. The minimum Gasteiger partial charge on any atom is -0.484 e. The molecule has 0 bridgehead atoms. The monoisotopic (exact) mass is 320 g/mol. The summed E-state index contributed by atoms with van der Waals surface area (Å²) in [6, 6.07) is 4.15. The van der Waals surface area contributed by atoms with Gasteiger partial charge in [-0.05, 0) is 19.1 Å². The van der Waals surface area contributed by atoms with E-state index in [-0.39, 0.29) is 11.8 Å². The summed E-state index contributed by atoms with van der Waals surface area (Å²) in [4.78, 5) is 13.3. The molecule has 1 N–H and O–H groups in total. The van der Waals surface area contributed by atoms with Gasteiger partial charge in [0.25, 0.3) is 0 Å². The standard InChI is InChI=1S/C14H19F3N2O3/c1-10-11(18-13(20)19(2)7-8-21-3)5-4-6-12(10)22-9-14(15,16)17/h4-6H,7-9H2,1-3H3,(H,18,20). The van der Waals surface area contributed by atoms with Gasteiger partial charge < -0.3 is 19.7 Å². The molecule has 0 atom stereocenters. The predicted molar refractivity (Wildman–Crippen MR) is 76.3 cm³/mol. The normalized spacial score (nSPS) is 11.2. The molecule has 1 aromatic carbocycles. The van der Waals surface area contributed by atoms with Gasteiger partial charge >= 0.3 is 12.2 Å². The Kier molecular flexibility index (Phi) is 6.48. The van der Waals surface area contributed by atoms with Crippen LogP contribution in [0.25, 0.3) is 0 Å². The lowest BCUT2D eigenvalue weighted by Gasteiger charge is -2.19. The third-order valence-electron chi connectivity index (χ3n) is 2.89. The lowest BCUT2D eigenvalue weighted by Crippen LogP contribution is -2.34. The number of amides is 2. The highest BCUT2D eigenvalue weighted by Gasteiger charge is 2.28. The van der Waals surface area contributed by atoms with Gasteiger partial charge in [0.05, 0.1) is 6.61 Å². The minimum atomic E-state index is -4.41. The van der Waals surface area contributed by atoms with Gasteiger partial charge in [-0.15, -0.1) is 0 Å². The van der Waals surface area contributed by atoms with Crippen LogP contribution in [-0.2, 0) is 4.74 Å².